The van der Waals surface area contributed by atoms with Crippen LogP contribution in [0.15, 0.2) is 0 Å². The number of hydrogen-bond acceptors (Lipinski definition) is 3. The molecular formula is C4H8N2O2. The molecular weight excluding hydrogens is 108 g/mol. The first-order chi connectivity index (χ1) is 3.75. The first kappa shape index (κ1) is 5.53. The van der Waals surface area contributed by atoms with E-state index in [2.05, 4.69) is 10.6 Å². The van der Waals surface area contributed by atoms with Crippen molar-refractivity contribution in [1.82, 2.24) is 10.6 Å². The highest BCUT2D eigenvalue weighted by molar-refractivity contribution is 5.88. The van der Waals surface area contributed by atoms with Crippen molar-refractivity contribution >= 4 is 5.91 Å². The van der Waals surface area contributed by atoms with Crippen molar-refractivity contribution in [2.75, 3.05) is 7.05 Å². The Morgan fingerprint density at radius 1 is 1.88 bits per heavy atom. The maximum absolute atomic E-state index is 10.3. The molecule has 1 fully saturated rings. The fourth-order valence-corrected chi connectivity index (χ4v) is 0.655. The Balaban J connectivity index is 2.40. The van der Waals surface area contributed by atoms with Crippen molar-refractivity contribution in [1.29, 1.82) is 0 Å². The van der Waals surface area contributed by atoms with Gasteiger partial charge in [-0.3, -0.25) is 4.79 Å². The number of aliphatic hydroxyl groups excluding tert-OH is 1. The topological polar surface area (TPSA) is 61.4 Å². The van der Waals surface area contributed by atoms with Crippen molar-refractivity contribution in [2.45, 2.75) is 12.3 Å². The van der Waals surface area contributed by atoms with Gasteiger partial charge in [0.05, 0.1) is 0 Å². The molecule has 0 aliphatic carbocycles. The Bertz CT molecular complexity index is 115. The van der Waals surface area contributed by atoms with Gasteiger partial charge in [-0.2, -0.15) is 0 Å². The molecule has 0 aromatic carbocycles. The lowest BCUT2D eigenvalue weighted by atomic mass is 10.1. The van der Waals surface area contributed by atoms with Crippen molar-refractivity contribution in [3.8, 4) is 0 Å². The van der Waals surface area contributed by atoms with Gasteiger partial charge in [0, 0.05) is 0 Å². The first-order valence-corrected chi connectivity index (χ1v) is 2.41. The number of nitrogens with one attached hydrogen (secondary N) is 2. The zero-order valence-corrected chi connectivity index (χ0v) is 4.51. The predicted octanol–water partition coefficient (Wildman–Crippen LogP) is -1.98. The third-order valence-electron chi connectivity index (χ3n) is 1.20. The molecule has 0 bridgehead atoms. The highest BCUT2D eigenvalue weighted by Gasteiger charge is 2.35. The summed E-state index contributed by atoms with van der Waals surface area (Å²) in [6, 6.07) is -0.394. The molecule has 8 heavy (non-hydrogen) atoms. The molecule has 46 valence electrons. The van der Waals surface area contributed by atoms with Crippen LogP contribution < -0.4 is 10.6 Å². The second-order valence-corrected chi connectivity index (χ2v) is 1.72. The molecule has 2 unspecified atom stereocenters. The molecule has 4 heteroatoms. The number of rotatable bonds is 1. The summed E-state index contributed by atoms with van der Waals surface area (Å²) in [7, 11) is 1.63. The van der Waals surface area contributed by atoms with E-state index in [1.54, 1.807) is 7.05 Å². The van der Waals surface area contributed by atoms with Crippen LogP contribution in [0.25, 0.3) is 0 Å². The third-order valence-corrected chi connectivity index (χ3v) is 1.20. The van der Waals surface area contributed by atoms with Gasteiger partial charge in [0.2, 0.25) is 5.91 Å². The third kappa shape index (κ3) is 0.579. The molecule has 1 aliphatic heterocycles. The van der Waals surface area contributed by atoms with E-state index in [9.17, 15) is 4.79 Å². The first-order valence-electron chi connectivity index (χ1n) is 2.41. The van der Waals surface area contributed by atoms with Crippen LogP contribution in [0.3, 0.4) is 0 Å². The Hall–Kier alpha value is -0.610. The van der Waals surface area contributed by atoms with Gasteiger partial charge in [-0.1, -0.05) is 0 Å². The molecule has 1 amide bonds. The van der Waals surface area contributed by atoms with E-state index in [1.807, 2.05) is 0 Å². The minimum Gasteiger partial charge on any atom is -0.371 e. The maximum atomic E-state index is 10.3. The van der Waals surface area contributed by atoms with Gasteiger partial charge in [0.15, 0.2) is 6.23 Å². The zero-order chi connectivity index (χ0) is 6.15. The van der Waals surface area contributed by atoms with Gasteiger partial charge in [-0.25, -0.2) is 0 Å². The van der Waals surface area contributed by atoms with E-state index in [0.29, 0.717) is 0 Å². The van der Waals surface area contributed by atoms with E-state index in [-0.39, 0.29) is 5.91 Å². The summed E-state index contributed by atoms with van der Waals surface area (Å²) in [5, 5.41) is 13.6. The smallest absolute Gasteiger partial charge is 0.243 e. The number of aliphatic hydroxyl groups is 1. The number of likely N-dealkylation sites (N-methyl/N-ethyl adjacent to an activating group) is 1. The summed E-state index contributed by atoms with van der Waals surface area (Å²) in [5.74, 6) is -0.139. The minimum atomic E-state index is -0.688. The summed E-state index contributed by atoms with van der Waals surface area (Å²) in [5.41, 5.74) is 0. The molecule has 1 heterocycles. The molecule has 4 nitrogen and oxygen atoms in total. The minimum absolute atomic E-state index is 0.139. The van der Waals surface area contributed by atoms with Gasteiger partial charge in [-0.15, -0.1) is 0 Å². The highest BCUT2D eigenvalue weighted by Crippen LogP contribution is 1.99. The molecule has 0 spiro atoms. The van der Waals surface area contributed by atoms with Crippen LogP contribution in [0, 0.1) is 0 Å². The second kappa shape index (κ2) is 1.72. The Morgan fingerprint density at radius 2 is 2.50 bits per heavy atom. The van der Waals surface area contributed by atoms with Gasteiger partial charge in [-0.05, 0) is 7.05 Å². The Morgan fingerprint density at radius 3 is 2.62 bits per heavy atom. The van der Waals surface area contributed by atoms with E-state index in [1.165, 1.54) is 0 Å². The van der Waals surface area contributed by atoms with Crippen LogP contribution in [0.1, 0.15) is 0 Å². The van der Waals surface area contributed by atoms with E-state index < -0.39 is 12.3 Å². The fraction of sp³-hybridized carbons (Fsp3) is 0.750. The molecule has 1 saturated heterocycles. The average molecular weight is 116 g/mol. The van der Waals surface area contributed by atoms with Crippen molar-refractivity contribution in [2.24, 2.45) is 0 Å². The van der Waals surface area contributed by atoms with Crippen LogP contribution in [-0.2, 0) is 4.79 Å². The lowest BCUT2D eigenvalue weighted by Gasteiger charge is -2.31. The van der Waals surface area contributed by atoms with Crippen molar-refractivity contribution < 1.29 is 9.90 Å². The molecule has 0 aromatic heterocycles. The molecule has 1 aliphatic rings. The lowest BCUT2D eigenvalue weighted by Crippen LogP contribution is -2.67. The Kier molecular flexibility index (Phi) is 1.19. The normalized spacial score (nSPS) is 36.0. The second-order valence-electron chi connectivity index (χ2n) is 1.72. The summed E-state index contributed by atoms with van der Waals surface area (Å²) in [6.07, 6.45) is -0.688. The summed E-state index contributed by atoms with van der Waals surface area (Å²) < 4.78 is 0. The lowest BCUT2D eigenvalue weighted by molar-refractivity contribution is -0.140. The molecule has 0 radical (unpaired) electrons. The molecule has 2 atom stereocenters. The quantitative estimate of drug-likeness (QED) is 0.348. The van der Waals surface area contributed by atoms with Gasteiger partial charge in [0.25, 0.3) is 0 Å². The van der Waals surface area contributed by atoms with Crippen molar-refractivity contribution in [3.05, 3.63) is 0 Å². The van der Waals surface area contributed by atoms with E-state index >= 15 is 0 Å². The number of carbonyl (C=O) groups excluding carboxylic acids is 1. The number of β-lactam (4-membered cyclic amide) rings is 1. The van der Waals surface area contributed by atoms with Crippen molar-refractivity contribution in [3.63, 3.8) is 0 Å². The monoisotopic (exact) mass is 116 g/mol. The Labute approximate surface area is 46.9 Å². The summed E-state index contributed by atoms with van der Waals surface area (Å²) in [4.78, 5) is 10.3. The highest BCUT2D eigenvalue weighted by atomic mass is 16.3. The predicted molar refractivity (Wildman–Crippen MR) is 27.0 cm³/mol. The van der Waals surface area contributed by atoms with Gasteiger partial charge in [0.1, 0.15) is 6.04 Å². The summed E-state index contributed by atoms with van der Waals surface area (Å²) >= 11 is 0. The van der Waals surface area contributed by atoms with E-state index in [0.717, 1.165) is 0 Å². The van der Waals surface area contributed by atoms with Crippen LogP contribution in [0.2, 0.25) is 0 Å². The number of hydrogen-bond donors (Lipinski definition) is 3. The number of carbonyl (C=O) groups is 1. The standard InChI is InChI=1S/C4H8N2O2/c1-5-2-3(7)6-4(2)8/h2-3,5,7H,1H3,(H,6,8). The van der Waals surface area contributed by atoms with Crippen LogP contribution in [-0.4, -0.2) is 30.3 Å². The SMILES string of the molecule is CNC1C(=O)NC1O. The molecule has 3 N–H and O–H groups in total. The number of amides is 1. The fourth-order valence-electron chi connectivity index (χ4n) is 0.655. The largest absolute Gasteiger partial charge is 0.371 e. The summed E-state index contributed by atoms with van der Waals surface area (Å²) in [6.45, 7) is 0. The van der Waals surface area contributed by atoms with Crippen LogP contribution >= 0.6 is 0 Å². The van der Waals surface area contributed by atoms with Crippen LogP contribution in [0.5, 0.6) is 0 Å². The molecule has 0 saturated carbocycles. The van der Waals surface area contributed by atoms with Gasteiger partial charge < -0.3 is 15.7 Å². The molecule has 1 rings (SSSR count). The molecule has 0 aromatic rings. The zero-order valence-electron chi connectivity index (χ0n) is 4.51. The maximum Gasteiger partial charge on any atom is 0.243 e. The van der Waals surface area contributed by atoms with E-state index in [4.69, 9.17) is 5.11 Å². The average Bonchev–Trinajstić information content (AvgIpc) is 1.67. The van der Waals surface area contributed by atoms with Gasteiger partial charge >= 0.3 is 0 Å². The van der Waals surface area contributed by atoms with Crippen LogP contribution in [0.4, 0.5) is 0 Å².